The molecule has 0 fully saturated rings. The normalized spacial score (nSPS) is 10.7. The third-order valence-corrected chi connectivity index (χ3v) is 3.40. The van der Waals surface area contributed by atoms with Gasteiger partial charge in [-0.1, -0.05) is 35.9 Å². The van der Waals surface area contributed by atoms with E-state index in [1.165, 1.54) is 0 Å². The fraction of sp³-hybridized carbons (Fsp3) is 0.111. The molecule has 0 aromatic heterocycles. The number of anilines is 1. The zero-order chi connectivity index (χ0) is 16.8. The minimum absolute atomic E-state index is 0. The second kappa shape index (κ2) is 9.64. The zero-order valence-corrected chi connectivity index (χ0v) is 16.3. The van der Waals surface area contributed by atoms with Crippen molar-refractivity contribution in [3.63, 3.8) is 0 Å². The van der Waals surface area contributed by atoms with E-state index in [4.69, 9.17) is 11.6 Å². The van der Waals surface area contributed by atoms with Crippen LogP contribution in [0.1, 0.15) is 18.1 Å². The van der Waals surface area contributed by atoms with Crippen molar-refractivity contribution in [2.24, 2.45) is 0 Å². The average molecular weight is 352 g/mol. The van der Waals surface area contributed by atoms with Crippen LogP contribution in [-0.2, 0) is 16.0 Å². The Morgan fingerprint density at radius 2 is 1.83 bits per heavy atom. The fourth-order valence-electron chi connectivity index (χ4n) is 2.03. The number of halogens is 1. The Kier molecular flexibility index (Phi) is 8.22. The number of carbonyl (C=O) groups excluding carboxylic acids is 2. The van der Waals surface area contributed by atoms with Gasteiger partial charge in [-0.3, -0.25) is 4.79 Å². The number of hydrogen-bond acceptors (Lipinski definition) is 3. The van der Waals surface area contributed by atoms with Gasteiger partial charge >= 0.3 is 29.6 Å². The smallest absolute Gasteiger partial charge is 0.550 e. The van der Waals surface area contributed by atoms with Crippen molar-refractivity contribution < 1.29 is 44.3 Å². The van der Waals surface area contributed by atoms with Crippen LogP contribution < -0.4 is 40.0 Å². The van der Waals surface area contributed by atoms with Gasteiger partial charge < -0.3 is 15.2 Å². The van der Waals surface area contributed by atoms with Crippen molar-refractivity contribution in [3.05, 3.63) is 70.3 Å². The van der Waals surface area contributed by atoms with Crippen molar-refractivity contribution >= 4 is 35.2 Å². The number of amides is 1. The van der Waals surface area contributed by atoms with Crippen LogP contribution in [0.4, 0.5) is 5.69 Å². The molecule has 0 radical (unpaired) electrons. The molecule has 0 aliphatic rings. The van der Waals surface area contributed by atoms with Crippen molar-refractivity contribution in [1.82, 2.24) is 0 Å². The molecule has 0 aliphatic heterocycles. The maximum absolute atomic E-state index is 12.2. The van der Waals surface area contributed by atoms with Gasteiger partial charge in [0, 0.05) is 28.7 Å². The van der Waals surface area contributed by atoms with Gasteiger partial charge in [-0.2, -0.15) is 0 Å². The molecule has 2 aromatic carbocycles. The zero-order valence-electron chi connectivity index (χ0n) is 13.5. The Balaban J connectivity index is 0.00000288. The van der Waals surface area contributed by atoms with E-state index in [1.54, 1.807) is 49.4 Å². The molecule has 0 atom stereocenters. The van der Waals surface area contributed by atoms with Crippen LogP contribution >= 0.6 is 11.6 Å². The van der Waals surface area contributed by atoms with E-state index in [0.29, 0.717) is 21.8 Å². The number of aliphatic carboxylic acids is 1. The number of rotatable bonds is 5. The molecule has 2 aromatic rings. The van der Waals surface area contributed by atoms with Gasteiger partial charge in [-0.05, 0) is 48.4 Å². The molecule has 0 aliphatic carbocycles. The van der Waals surface area contributed by atoms with Gasteiger partial charge in [0.15, 0.2) is 0 Å². The third kappa shape index (κ3) is 6.49. The number of benzene rings is 2. The average Bonchev–Trinajstić information content (AvgIpc) is 2.49. The van der Waals surface area contributed by atoms with Crippen LogP contribution in [0.2, 0.25) is 5.02 Å². The molecule has 0 spiro atoms. The second-order valence-electron chi connectivity index (χ2n) is 5.08. The van der Waals surface area contributed by atoms with E-state index >= 15 is 0 Å². The fourth-order valence-corrected chi connectivity index (χ4v) is 2.16. The monoisotopic (exact) mass is 351 g/mol. The summed E-state index contributed by atoms with van der Waals surface area (Å²) in [6, 6.07) is 13.8. The molecule has 0 saturated heterocycles. The molecular weight excluding hydrogens is 337 g/mol. The Morgan fingerprint density at radius 1 is 1.17 bits per heavy atom. The molecule has 4 nitrogen and oxygen atoms in total. The van der Waals surface area contributed by atoms with E-state index in [1.807, 2.05) is 12.1 Å². The summed E-state index contributed by atoms with van der Waals surface area (Å²) in [5, 5.41) is 14.0. The van der Waals surface area contributed by atoms with Gasteiger partial charge in [0.2, 0.25) is 0 Å². The molecule has 24 heavy (non-hydrogen) atoms. The molecule has 2 rings (SSSR count). The standard InChI is InChI=1S/C18H16ClNO3.Na/c1-12(9-13-5-7-15(19)8-6-13)18(23)20-16-4-2-3-14(10-16)11-17(21)22;/h2-10H,11H2,1H3,(H,20,23)(H,21,22);/q;+1/p-1. The minimum Gasteiger partial charge on any atom is -0.550 e. The molecule has 0 bridgehead atoms. The molecule has 0 saturated carbocycles. The van der Waals surface area contributed by atoms with E-state index in [-0.39, 0.29) is 41.9 Å². The van der Waals surface area contributed by atoms with E-state index in [9.17, 15) is 14.7 Å². The Hall–Kier alpha value is -1.59. The first-order chi connectivity index (χ1) is 10.9. The van der Waals surface area contributed by atoms with Crippen LogP contribution in [0, 0.1) is 0 Å². The van der Waals surface area contributed by atoms with Crippen molar-refractivity contribution in [2.45, 2.75) is 13.3 Å². The third-order valence-electron chi connectivity index (χ3n) is 3.14. The summed E-state index contributed by atoms with van der Waals surface area (Å²) in [5.41, 5.74) is 2.50. The summed E-state index contributed by atoms with van der Waals surface area (Å²) in [7, 11) is 0. The number of hydrogen-bond donors (Lipinski definition) is 1. The number of carboxylic acids is 1. The number of carboxylic acid groups (broad SMARTS) is 1. The van der Waals surface area contributed by atoms with Crippen LogP contribution in [0.5, 0.6) is 0 Å². The van der Waals surface area contributed by atoms with Crippen molar-refractivity contribution in [1.29, 1.82) is 0 Å². The maximum Gasteiger partial charge on any atom is 1.00 e. The Morgan fingerprint density at radius 3 is 2.46 bits per heavy atom. The number of carbonyl (C=O) groups is 2. The molecular formula is C18H15ClNNaO3. The van der Waals surface area contributed by atoms with Gasteiger partial charge in [0.05, 0.1) is 0 Å². The summed E-state index contributed by atoms with van der Waals surface area (Å²) >= 11 is 5.82. The largest absolute Gasteiger partial charge is 1.00 e. The predicted molar refractivity (Wildman–Crippen MR) is 88.9 cm³/mol. The van der Waals surface area contributed by atoms with Gasteiger partial charge in [-0.15, -0.1) is 0 Å². The molecule has 1 N–H and O–H groups in total. The summed E-state index contributed by atoms with van der Waals surface area (Å²) in [5.74, 6) is -1.42. The first kappa shape index (κ1) is 20.5. The van der Waals surface area contributed by atoms with Crippen LogP contribution in [0.15, 0.2) is 54.1 Å². The molecule has 118 valence electrons. The first-order valence-electron chi connectivity index (χ1n) is 6.98. The summed E-state index contributed by atoms with van der Waals surface area (Å²) in [6.45, 7) is 1.70. The second-order valence-corrected chi connectivity index (χ2v) is 5.52. The maximum atomic E-state index is 12.2. The van der Waals surface area contributed by atoms with E-state index in [0.717, 1.165) is 5.56 Å². The van der Waals surface area contributed by atoms with Gasteiger partial charge in [0.1, 0.15) is 0 Å². The molecule has 0 heterocycles. The SMILES string of the molecule is CC(=Cc1ccc(Cl)cc1)C(=O)Nc1cccc(CC(=O)[O-])c1.[Na+]. The summed E-state index contributed by atoms with van der Waals surface area (Å²) < 4.78 is 0. The van der Waals surface area contributed by atoms with Gasteiger partial charge in [0.25, 0.3) is 5.91 Å². The summed E-state index contributed by atoms with van der Waals surface area (Å²) in [4.78, 5) is 22.8. The van der Waals surface area contributed by atoms with Gasteiger partial charge in [-0.25, -0.2) is 0 Å². The predicted octanol–water partition coefficient (Wildman–Crippen LogP) is -0.322. The quantitative estimate of drug-likeness (QED) is 0.593. The van der Waals surface area contributed by atoms with E-state index < -0.39 is 5.97 Å². The first-order valence-corrected chi connectivity index (χ1v) is 7.36. The number of nitrogens with one attached hydrogen (secondary N) is 1. The van der Waals surface area contributed by atoms with Crippen LogP contribution in [0.25, 0.3) is 6.08 Å². The summed E-state index contributed by atoms with van der Waals surface area (Å²) in [6.07, 6.45) is 1.56. The van der Waals surface area contributed by atoms with Crippen LogP contribution in [0.3, 0.4) is 0 Å². The molecule has 1 amide bonds. The molecule has 0 unspecified atom stereocenters. The topological polar surface area (TPSA) is 69.2 Å². The van der Waals surface area contributed by atoms with Crippen molar-refractivity contribution in [3.8, 4) is 0 Å². The minimum atomic E-state index is -1.16. The Labute approximate surface area is 167 Å². The molecule has 6 heteroatoms. The van der Waals surface area contributed by atoms with E-state index in [2.05, 4.69) is 5.32 Å². The van der Waals surface area contributed by atoms with Crippen LogP contribution in [-0.4, -0.2) is 11.9 Å². The Bertz CT molecular complexity index is 757. The van der Waals surface area contributed by atoms with Crippen molar-refractivity contribution in [2.75, 3.05) is 5.32 Å².